The van der Waals surface area contributed by atoms with Gasteiger partial charge in [0.1, 0.15) is 5.82 Å². The third-order valence-electron chi connectivity index (χ3n) is 1.09. The van der Waals surface area contributed by atoms with E-state index in [0.717, 1.165) is 5.82 Å². The molecular formula is C6H10N3+. The van der Waals surface area contributed by atoms with Crippen LogP contribution in [-0.2, 0) is 0 Å². The van der Waals surface area contributed by atoms with Gasteiger partial charge in [0.25, 0.3) is 0 Å². The fourth-order valence-electron chi connectivity index (χ4n) is 0.630. The van der Waals surface area contributed by atoms with E-state index in [4.69, 9.17) is 5.73 Å². The predicted octanol–water partition coefficient (Wildman–Crippen LogP) is -0.512. The number of hydrogen-bond donors (Lipinski definition) is 2. The van der Waals surface area contributed by atoms with Gasteiger partial charge in [0.15, 0.2) is 0 Å². The van der Waals surface area contributed by atoms with Crippen LogP contribution in [0.15, 0.2) is 18.2 Å². The molecule has 3 heteroatoms. The van der Waals surface area contributed by atoms with E-state index in [2.05, 4.69) is 4.98 Å². The quantitative estimate of drug-likeness (QED) is 0.529. The highest BCUT2D eigenvalue weighted by Gasteiger charge is 1.91. The second-order valence-electron chi connectivity index (χ2n) is 1.78. The molecule has 0 unspecified atom stereocenters. The zero-order chi connectivity index (χ0) is 6.69. The smallest absolute Gasteiger partial charge is 0.225 e. The van der Waals surface area contributed by atoms with E-state index in [-0.39, 0.29) is 0 Å². The summed E-state index contributed by atoms with van der Waals surface area (Å²) in [5, 5.41) is 1.91. The number of hydrogen-bond acceptors (Lipinski definition) is 2. The molecule has 0 spiro atoms. The van der Waals surface area contributed by atoms with Crippen LogP contribution in [-0.4, -0.2) is 12.0 Å². The molecule has 1 heterocycles. The molecule has 0 saturated heterocycles. The molecule has 0 saturated carbocycles. The first-order valence-electron chi connectivity index (χ1n) is 2.85. The average Bonchev–Trinajstić information content (AvgIpc) is 1.88. The van der Waals surface area contributed by atoms with Crippen molar-refractivity contribution in [3.63, 3.8) is 0 Å². The summed E-state index contributed by atoms with van der Waals surface area (Å²) in [5.41, 5.74) is 5.40. The molecule has 0 fully saturated rings. The molecule has 0 aromatic carbocycles. The summed E-state index contributed by atoms with van der Waals surface area (Å²) < 4.78 is 0. The number of aromatic nitrogens is 1. The summed E-state index contributed by atoms with van der Waals surface area (Å²) >= 11 is 0. The second-order valence-corrected chi connectivity index (χ2v) is 1.78. The largest absolute Gasteiger partial charge is 0.384 e. The SMILES string of the molecule is C[NH2+]c1cccc(N)n1. The van der Waals surface area contributed by atoms with Gasteiger partial charge in [-0.15, -0.1) is 0 Å². The van der Waals surface area contributed by atoms with Crippen molar-refractivity contribution in [1.29, 1.82) is 0 Å². The Hall–Kier alpha value is -1.09. The molecule has 0 amide bonds. The first-order valence-corrected chi connectivity index (χ1v) is 2.85. The van der Waals surface area contributed by atoms with Crippen molar-refractivity contribution in [3.8, 4) is 0 Å². The van der Waals surface area contributed by atoms with Crippen LogP contribution in [0.2, 0.25) is 0 Å². The minimum atomic E-state index is 0.575. The maximum Gasteiger partial charge on any atom is 0.225 e. The van der Waals surface area contributed by atoms with Gasteiger partial charge in [-0.1, -0.05) is 6.07 Å². The van der Waals surface area contributed by atoms with Crippen molar-refractivity contribution in [2.45, 2.75) is 0 Å². The molecule has 9 heavy (non-hydrogen) atoms. The lowest BCUT2D eigenvalue weighted by molar-refractivity contribution is -0.543. The van der Waals surface area contributed by atoms with Gasteiger partial charge >= 0.3 is 0 Å². The molecule has 0 aliphatic heterocycles. The lowest BCUT2D eigenvalue weighted by atomic mass is 10.4. The topological polar surface area (TPSA) is 55.5 Å². The summed E-state index contributed by atoms with van der Waals surface area (Å²) in [6.45, 7) is 0. The van der Waals surface area contributed by atoms with Crippen molar-refractivity contribution in [1.82, 2.24) is 4.98 Å². The highest BCUT2D eigenvalue weighted by molar-refractivity contribution is 5.33. The molecular weight excluding hydrogens is 114 g/mol. The van der Waals surface area contributed by atoms with E-state index < -0.39 is 0 Å². The number of nitrogens with two attached hydrogens (primary N) is 2. The molecule has 48 valence electrons. The molecule has 1 aromatic heterocycles. The fraction of sp³-hybridized carbons (Fsp3) is 0.167. The Balaban J connectivity index is 2.94. The number of anilines is 1. The first-order chi connectivity index (χ1) is 4.33. The summed E-state index contributed by atoms with van der Waals surface area (Å²) in [4.78, 5) is 4.01. The van der Waals surface area contributed by atoms with Crippen LogP contribution in [0.3, 0.4) is 0 Å². The van der Waals surface area contributed by atoms with Crippen LogP contribution in [0.4, 0.5) is 11.6 Å². The van der Waals surface area contributed by atoms with E-state index in [1.54, 1.807) is 6.07 Å². The van der Waals surface area contributed by atoms with Crippen molar-refractivity contribution in [2.75, 3.05) is 12.8 Å². The van der Waals surface area contributed by atoms with E-state index in [9.17, 15) is 0 Å². The minimum Gasteiger partial charge on any atom is -0.384 e. The van der Waals surface area contributed by atoms with Crippen LogP contribution >= 0.6 is 0 Å². The number of nitrogens with zero attached hydrogens (tertiary/aromatic N) is 1. The van der Waals surface area contributed by atoms with Gasteiger partial charge in [-0.3, -0.25) is 5.32 Å². The molecule has 1 aromatic rings. The second kappa shape index (κ2) is 2.46. The van der Waals surface area contributed by atoms with E-state index >= 15 is 0 Å². The Morgan fingerprint density at radius 3 is 2.78 bits per heavy atom. The summed E-state index contributed by atoms with van der Waals surface area (Å²) in [5.74, 6) is 1.50. The fourth-order valence-corrected chi connectivity index (χ4v) is 0.630. The van der Waals surface area contributed by atoms with Gasteiger partial charge in [0.2, 0.25) is 5.82 Å². The van der Waals surface area contributed by atoms with E-state index in [0.29, 0.717) is 5.82 Å². The van der Waals surface area contributed by atoms with Crippen LogP contribution in [0.5, 0.6) is 0 Å². The lowest BCUT2D eigenvalue weighted by Gasteiger charge is -1.92. The molecule has 0 aliphatic carbocycles. The highest BCUT2D eigenvalue weighted by atomic mass is 15.0. The third kappa shape index (κ3) is 1.40. The molecule has 4 N–H and O–H groups in total. The van der Waals surface area contributed by atoms with Crippen molar-refractivity contribution < 1.29 is 5.32 Å². The summed E-state index contributed by atoms with van der Waals surface area (Å²) in [6.07, 6.45) is 0. The first kappa shape index (κ1) is 6.04. The Morgan fingerprint density at radius 1 is 1.56 bits per heavy atom. The standard InChI is InChI=1S/C6H9N3/c1-8-6-4-2-3-5(7)9-6/h2-4H,1H3,(H3,7,8,9)/p+1. The zero-order valence-corrected chi connectivity index (χ0v) is 5.33. The van der Waals surface area contributed by atoms with Gasteiger partial charge in [-0.05, 0) is 6.07 Å². The Morgan fingerprint density at radius 2 is 2.33 bits per heavy atom. The Kier molecular flexibility index (Phi) is 1.65. The van der Waals surface area contributed by atoms with Crippen LogP contribution < -0.4 is 11.1 Å². The summed E-state index contributed by atoms with van der Waals surface area (Å²) in [6, 6.07) is 5.57. The molecule has 1 rings (SSSR count). The predicted molar refractivity (Wildman–Crippen MR) is 36.2 cm³/mol. The van der Waals surface area contributed by atoms with Crippen LogP contribution in [0, 0.1) is 0 Å². The van der Waals surface area contributed by atoms with Crippen molar-refractivity contribution in [2.24, 2.45) is 0 Å². The van der Waals surface area contributed by atoms with Gasteiger partial charge in [-0.25, -0.2) is 0 Å². The van der Waals surface area contributed by atoms with Gasteiger partial charge in [-0.2, -0.15) is 4.98 Å². The van der Waals surface area contributed by atoms with Crippen LogP contribution in [0.1, 0.15) is 0 Å². The molecule has 0 radical (unpaired) electrons. The van der Waals surface area contributed by atoms with Crippen molar-refractivity contribution in [3.05, 3.63) is 18.2 Å². The number of pyridine rings is 1. The van der Waals surface area contributed by atoms with Crippen LogP contribution in [0.25, 0.3) is 0 Å². The van der Waals surface area contributed by atoms with E-state index in [1.807, 2.05) is 24.5 Å². The third-order valence-corrected chi connectivity index (χ3v) is 1.09. The average molecular weight is 124 g/mol. The van der Waals surface area contributed by atoms with Gasteiger partial charge < -0.3 is 5.73 Å². The number of quaternary nitrogens is 1. The number of rotatable bonds is 1. The maximum absolute atomic E-state index is 5.40. The molecule has 0 atom stereocenters. The molecule has 3 nitrogen and oxygen atoms in total. The van der Waals surface area contributed by atoms with Gasteiger partial charge in [0, 0.05) is 6.07 Å². The Labute approximate surface area is 53.9 Å². The normalized spacial score (nSPS) is 9.44. The minimum absolute atomic E-state index is 0.575. The molecule has 0 aliphatic rings. The summed E-state index contributed by atoms with van der Waals surface area (Å²) in [7, 11) is 1.93. The highest BCUT2D eigenvalue weighted by Crippen LogP contribution is 1.98. The molecule has 0 bridgehead atoms. The van der Waals surface area contributed by atoms with E-state index in [1.165, 1.54) is 0 Å². The number of nitrogen functional groups attached to an aromatic ring is 1. The monoisotopic (exact) mass is 124 g/mol. The maximum atomic E-state index is 5.40. The lowest BCUT2D eigenvalue weighted by Crippen LogP contribution is -2.73. The van der Waals surface area contributed by atoms with Crippen molar-refractivity contribution >= 4 is 11.6 Å². The zero-order valence-electron chi connectivity index (χ0n) is 5.33. The Bertz CT molecular complexity index is 197. The van der Waals surface area contributed by atoms with Gasteiger partial charge in [0.05, 0.1) is 7.05 Å².